The minimum Gasteiger partial charge on any atom is -0.322 e. The predicted octanol–water partition coefficient (Wildman–Crippen LogP) is 2.51. The van der Waals surface area contributed by atoms with E-state index in [-0.39, 0.29) is 6.04 Å². The number of hydrogen-bond acceptors (Lipinski definition) is 5. The molecule has 1 atom stereocenters. The van der Waals surface area contributed by atoms with Gasteiger partial charge in [0, 0.05) is 23.3 Å². The molecule has 0 radical (unpaired) electrons. The molecule has 0 saturated carbocycles. The third-order valence-electron chi connectivity index (χ3n) is 2.14. The Labute approximate surface area is 103 Å². The lowest BCUT2D eigenvalue weighted by Gasteiger charge is -2.00. The van der Waals surface area contributed by atoms with Crippen LogP contribution >= 0.6 is 22.7 Å². The van der Waals surface area contributed by atoms with Gasteiger partial charge in [-0.3, -0.25) is 0 Å². The number of nitrogens with two attached hydrogens (primary N) is 1. The van der Waals surface area contributed by atoms with Crippen LogP contribution in [0.3, 0.4) is 0 Å². The van der Waals surface area contributed by atoms with Crippen molar-refractivity contribution in [2.75, 3.05) is 0 Å². The molecule has 0 spiro atoms. The van der Waals surface area contributed by atoms with Crippen LogP contribution in [0.4, 0.5) is 0 Å². The summed E-state index contributed by atoms with van der Waals surface area (Å²) in [6.45, 7) is 3.67. The molecule has 2 heterocycles. The summed E-state index contributed by atoms with van der Waals surface area (Å²) in [6, 6.07) is 4.24. The Balaban J connectivity index is 1.81. The van der Waals surface area contributed by atoms with E-state index in [0.29, 0.717) is 0 Å². The van der Waals surface area contributed by atoms with Gasteiger partial charge in [-0.25, -0.2) is 4.98 Å². The second-order valence-electron chi connectivity index (χ2n) is 3.65. The highest BCUT2D eigenvalue weighted by Gasteiger charge is 2.05. The highest BCUT2D eigenvalue weighted by molar-refractivity contribution is 7.10. The van der Waals surface area contributed by atoms with E-state index in [1.54, 1.807) is 22.7 Å². The molecule has 5 heteroatoms. The van der Waals surface area contributed by atoms with Crippen molar-refractivity contribution in [3.63, 3.8) is 0 Å². The molecule has 3 N–H and O–H groups in total. The van der Waals surface area contributed by atoms with Crippen LogP contribution in [0, 0.1) is 0 Å². The summed E-state index contributed by atoms with van der Waals surface area (Å²) in [7, 11) is 0. The fraction of sp³-hybridized carbons (Fsp3) is 0.364. The van der Waals surface area contributed by atoms with Gasteiger partial charge in [-0.2, -0.15) is 0 Å². The average molecular weight is 253 g/mol. The first-order valence-electron chi connectivity index (χ1n) is 5.18. The third-order valence-corrected chi connectivity index (χ3v) is 4.12. The van der Waals surface area contributed by atoms with Crippen LogP contribution in [0.15, 0.2) is 22.9 Å². The molecule has 0 aliphatic rings. The van der Waals surface area contributed by atoms with E-state index in [9.17, 15) is 0 Å². The van der Waals surface area contributed by atoms with Crippen LogP contribution in [-0.4, -0.2) is 4.98 Å². The Bertz CT molecular complexity index is 420. The number of rotatable bonds is 5. The van der Waals surface area contributed by atoms with Gasteiger partial charge in [-0.15, -0.1) is 22.7 Å². The van der Waals surface area contributed by atoms with Gasteiger partial charge in [0.15, 0.2) is 0 Å². The van der Waals surface area contributed by atoms with Gasteiger partial charge in [-0.05, 0) is 18.4 Å². The molecule has 2 aromatic heterocycles. The number of thiophene rings is 1. The number of thiazole rings is 1. The van der Waals surface area contributed by atoms with E-state index in [1.165, 1.54) is 4.88 Å². The van der Waals surface area contributed by atoms with Crippen molar-refractivity contribution >= 4 is 22.7 Å². The lowest BCUT2D eigenvalue weighted by Crippen LogP contribution is -2.12. The summed E-state index contributed by atoms with van der Waals surface area (Å²) >= 11 is 3.40. The highest BCUT2D eigenvalue weighted by Crippen LogP contribution is 2.15. The summed E-state index contributed by atoms with van der Waals surface area (Å²) < 4.78 is 0. The minimum absolute atomic E-state index is 0.0380. The minimum atomic E-state index is 0.0380. The van der Waals surface area contributed by atoms with Crippen molar-refractivity contribution < 1.29 is 0 Å². The van der Waals surface area contributed by atoms with Crippen molar-refractivity contribution in [1.29, 1.82) is 0 Å². The first kappa shape index (κ1) is 11.7. The molecular formula is C11H15N3S2. The van der Waals surface area contributed by atoms with E-state index >= 15 is 0 Å². The quantitative estimate of drug-likeness (QED) is 0.861. The summed E-state index contributed by atoms with van der Waals surface area (Å²) in [5.74, 6) is 0. The monoisotopic (exact) mass is 253 g/mol. The SMILES string of the molecule is CC(N)c1nc(CNCc2cccs2)cs1. The summed E-state index contributed by atoms with van der Waals surface area (Å²) in [6.07, 6.45) is 0. The topological polar surface area (TPSA) is 50.9 Å². The normalized spacial score (nSPS) is 12.9. The first-order chi connectivity index (χ1) is 7.75. The van der Waals surface area contributed by atoms with Crippen LogP contribution < -0.4 is 11.1 Å². The molecule has 0 fully saturated rings. The van der Waals surface area contributed by atoms with Gasteiger partial charge in [0.1, 0.15) is 5.01 Å². The van der Waals surface area contributed by atoms with Gasteiger partial charge in [0.2, 0.25) is 0 Å². The molecule has 16 heavy (non-hydrogen) atoms. The Morgan fingerprint density at radius 3 is 2.94 bits per heavy atom. The van der Waals surface area contributed by atoms with Gasteiger partial charge in [-0.1, -0.05) is 6.07 Å². The molecule has 2 aromatic rings. The zero-order valence-corrected chi connectivity index (χ0v) is 10.8. The Morgan fingerprint density at radius 1 is 1.44 bits per heavy atom. The second-order valence-corrected chi connectivity index (χ2v) is 5.57. The maximum absolute atomic E-state index is 5.76. The largest absolute Gasteiger partial charge is 0.322 e. The van der Waals surface area contributed by atoms with E-state index < -0.39 is 0 Å². The molecule has 0 saturated heterocycles. The Kier molecular flexibility index (Phi) is 4.06. The first-order valence-corrected chi connectivity index (χ1v) is 6.94. The maximum atomic E-state index is 5.76. The summed E-state index contributed by atoms with van der Waals surface area (Å²) in [4.78, 5) is 5.81. The fourth-order valence-electron chi connectivity index (χ4n) is 1.34. The van der Waals surface area contributed by atoms with Gasteiger partial charge < -0.3 is 11.1 Å². The number of hydrogen-bond donors (Lipinski definition) is 2. The Morgan fingerprint density at radius 2 is 2.31 bits per heavy atom. The Hall–Kier alpha value is -0.750. The molecule has 3 nitrogen and oxygen atoms in total. The van der Waals surface area contributed by atoms with Gasteiger partial charge in [0.25, 0.3) is 0 Å². The highest BCUT2D eigenvalue weighted by atomic mass is 32.1. The smallest absolute Gasteiger partial charge is 0.109 e. The van der Waals surface area contributed by atoms with E-state index in [2.05, 4.69) is 33.2 Å². The van der Waals surface area contributed by atoms with E-state index in [4.69, 9.17) is 5.73 Å². The number of aromatic nitrogens is 1. The van der Waals surface area contributed by atoms with Crippen LogP contribution in [0.1, 0.15) is 28.5 Å². The standard InChI is InChI=1S/C11H15N3S2/c1-8(12)11-14-9(7-16-11)5-13-6-10-3-2-4-15-10/h2-4,7-8,13H,5-6,12H2,1H3. The maximum Gasteiger partial charge on any atom is 0.109 e. The predicted molar refractivity (Wildman–Crippen MR) is 69.6 cm³/mol. The second kappa shape index (κ2) is 5.54. The van der Waals surface area contributed by atoms with Crippen LogP contribution in [0.25, 0.3) is 0 Å². The van der Waals surface area contributed by atoms with Crippen LogP contribution in [0.2, 0.25) is 0 Å². The number of nitrogens with one attached hydrogen (secondary N) is 1. The van der Waals surface area contributed by atoms with E-state index in [1.807, 2.05) is 6.92 Å². The third kappa shape index (κ3) is 3.12. The molecule has 86 valence electrons. The van der Waals surface area contributed by atoms with Crippen molar-refractivity contribution in [2.45, 2.75) is 26.1 Å². The zero-order chi connectivity index (χ0) is 11.4. The van der Waals surface area contributed by atoms with Crippen molar-refractivity contribution in [2.24, 2.45) is 5.73 Å². The van der Waals surface area contributed by atoms with Crippen molar-refractivity contribution in [3.05, 3.63) is 38.5 Å². The van der Waals surface area contributed by atoms with Gasteiger partial charge in [0.05, 0.1) is 11.7 Å². The van der Waals surface area contributed by atoms with Crippen LogP contribution in [-0.2, 0) is 13.1 Å². The summed E-state index contributed by atoms with van der Waals surface area (Å²) in [5.41, 5.74) is 6.84. The summed E-state index contributed by atoms with van der Waals surface area (Å²) in [5, 5.41) is 8.54. The van der Waals surface area contributed by atoms with Crippen molar-refractivity contribution in [1.82, 2.24) is 10.3 Å². The van der Waals surface area contributed by atoms with Crippen LogP contribution in [0.5, 0.6) is 0 Å². The number of nitrogens with zero attached hydrogens (tertiary/aromatic N) is 1. The molecule has 0 aliphatic heterocycles. The lowest BCUT2D eigenvalue weighted by atomic mass is 10.4. The molecule has 2 rings (SSSR count). The van der Waals surface area contributed by atoms with Gasteiger partial charge >= 0.3 is 0 Å². The molecule has 0 aromatic carbocycles. The lowest BCUT2D eigenvalue weighted by molar-refractivity contribution is 0.683. The zero-order valence-electron chi connectivity index (χ0n) is 9.14. The molecule has 0 bridgehead atoms. The fourth-order valence-corrected chi connectivity index (χ4v) is 2.79. The molecule has 0 aliphatic carbocycles. The van der Waals surface area contributed by atoms with Crippen molar-refractivity contribution in [3.8, 4) is 0 Å². The van der Waals surface area contributed by atoms with E-state index in [0.717, 1.165) is 23.8 Å². The molecular weight excluding hydrogens is 238 g/mol. The average Bonchev–Trinajstić information content (AvgIpc) is 2.87. The molecule has 0 amide bonds. The molecule has 1 unspecified atom stereocenters.